The smallest absolute Gasteiger partial charge is 0.378 e. The zero-order valence-corrected chi connectivity index (χ0v) is 14.3. The van der Waals surface area contributed by atoms with Crippen LogP contribution in [0.1, 0.15) is 28.2 Å². The van der Waals surface area contributed by atoms with E-state index in [-0.39, 0.29) is 35.2 Å². The Morgan fingerprint density at radius 3 is 2.63 bits per heavy atom. The predicted molar refractivity (Wildman–Crippen MR) is 84.7 cm³/mol. The molecule has 0 saturated carbocycles. The molecular formula is C13H13F3N6O4S. The molecule has 0 bridgehead atoms. The Kier molecular flexibility index (Phi) is 4.77. The summed E-state index contributed by atoms with van der Waals surface area (Å²) < 4.78 is 68.2. The van der Waals surface area contributed by atoms with Gasteiger partial charge in [-0.3, -0.25) is 4.79 Å². The zero-order valence-electron chi connectivity index (χ0n) is 13.5. The van der Waals surface area contributed by atoms with Gasteiger partial charge in [0.05, 0.1) is 23.6 Å². The number of nitrogens with one attached hydrogen (secondary N) is 1. The third-order valence-corrected chi connectivity index (χ3v) is 5.69. The van der Waals surface area contributed by atoms with Gasteiger partial charge in [0, 0.05) is 6.54 Å². The number of hydrogen-bond acceptors (Lipinski definition) is 8. The van der Waals surface area contributed by atoms with Gasteiger partial charge in [-0.1, -0.05) is 0 Å². The first-order valence-corrected chi connectivity index (χ1v) is 9.13. The van der Waals surface area contributed by atoms with Crippen molar-refractivity contribution in [2.45, 2.75) is 19.1 Å². The van der Waals surface area contributed by atoms with Crippen LogP contribution in [0.3, 0.4) is 0 Å². The Hall–Kier alpha value is -2.74. The highest BCUT2D eigenvalue weighted by Crippen LogP contribution is 2.29. The van der Waals surface area contributed by atoms with Gasteiger partial charge in [0.2, 0.25) is 21.7 Å². The van der Waals surface area contributed by atoms with Crippen LogP contribution in [0.4, 0.5) is 24.8 Å². The lowest BCUT2D eigenvalue weighted by atomic mass is 10.1. The molecule has 14 heteroatoms. The van der Waals surface area contributed by atoms with Crippen molar-refractivity contribution in [2.24, 2.45) is 0 Å². The molecule has 2 aromatic heterocycles. The number of nitrogens with two attached hydrogens (primary N) is 1. The Labute approximate surface area is 150 Å². The van der Waals surface area contributed by atoms with Gasteiger partial charge < -0.3 is 11.1 Å². The molecule has 1 aliphatic heterocycles. The second-order valence-electron chi connectivity index (χ2n) is 5.64. The summed E-state index contributed by atoms with van der Waals surface area (Å²) in [6.07, 6.45) is -4.42. The van der Waals surface area contributed by atoms with E-state index in [0.29, 0.717) is 12.5 Å². The average Bonchev–Trinajstić information content (AvgIpc) is 3.12. The molecule has 0 radical (unpaired) electrons. The summed E-state index contributed by atoms with van der Waals surface area (Å²) in [4.78, 5) is 15.9. The van der Waals surface area contributed by atoms with Gasteiger partial charge in [-0.15, -0.1) is 0 Å². The van der Waals surface area contributed by atoms with Crippen molar-refractivity contribution in [2.75, 3.05) is 23.3 Å². The molecule has 0 atom stereocenters. The molecule has 146 valence electrons. The maximum Gasteiger partial charge on any atom is 0.433 e. The molecule has 2 aromatic rings. The van der Waals surface area contributed by atoms with Crippen LogP contribution in [0.2, 0.25) is 0 Å². The number of nitrogens with zero attached hydrogens (tertiary/aromatic N) is 4. The van der Waals surface area contributed by atoms with Gasteiger partial charge in [-0.2, -0.15) is 17.5 Å². The van der Waals surface area contributed by atoms with Crippen LogP contribution in [-0.2, 0) is 22.7 Å². The number of pyridine rings is 1. The molecule has 27 heavy (non-hydrogen) atoms. The molecule has 0 spiro atoms. The largest absolute Gasteiger partial charge is 0.433 e. The second kappa shape index (κ2) is 6.77. The summed E-state index contributed by atoms with van der Waals surface area (Å²) in [5.41, 5.74) is 3.58. The van der Waals surface area contributed by atoms with Crippen molar-refractivity contribution in [1.82, 2.24) is 19.6 Å². The molecular weight excluding hydrogens is 393 g/mol. The van der Waals surface area contributed by atoms with Gasteiger partial charge >= 0.3 is 6.18 Å². The van der Waals surface area contributed by atoms with Gasteiger partial charge in [-0.25, -0.2) is 18.0 Å². The number of carbonyl (C=O) groups is 1. The van der Waals surface area contributed by atoms with Crippen LogP contribution in [0, 0.1) is 0 Å². The van der Waals surface area contributed by atoms with Gasteiger partial charge in [0.15, 0.2) is 0 Å². The molecule has 1 aliphatic rings. The van der Waals surface area contributed by atoms with Crippen molar-refractivity contribution >= 4 is 27.6 Å². The van der Waals surface area contributed by atoms with Gasteiger partial charge in [0.1, 0.15) is 5.69 Å². The van der Waals surface area contributed by atoms with E-state index in [1.165, 1.54) is 0 Å². The first kappa shape index (κ1) is 19.0. The molecule has 3 N–H and O–H groups in total. The number of carbonyl (C=O) groups excluding carboxylic acids is 1. The van der Waals surface area contributed by atoms with E-state index in [9.17, 15) is 26.4 Å². The minimum absolute atomic E-state index is 0.116. The highest BCUT2D eigenvalue weighted by molar-refractivity contribution is 7.89. The minimum atomic E-state index is -4.76. The van der Waals surface area contributed by atoms with E-state index in [2.05, 4.69) is 25.2 Å². The monoisotopic (exact) mass is 406 g/mol. The van der Waals surface area contributed by atoms with Crippen molar-refractivity contribution in [3.8, 4) is 0 Å². The molecule has 0 aromatic carbocycles. The number of sulfonamides is 1. The maximum absolute atomic E-state index is 13.0. The SMILES string of the molecule is Nc1nonc1NC(=O)c1ccc(C(F)(F)F)nc1CN1CCCS1(=O)=O. The number of anilines is 2. The molecule has 0 unspecified atom stereocenters. The average molecular weight is 406 g/mol. The first-order chi connectivity index (χ1) is 12.6. The van der Waals surface area contributed by atoms with Crippen LogP contribution in [0.5, 0.6) is 0 Å². The van der Waals surface area contributed by atoms with Gasteiger partial charge in [0.25, 0.3) is 5.91 Å². The van der Waals surface area contributed by atoms with Crippen molar-refractivity contribution in [3.05, 3.63) is 29.1 Å². The lowest BCUT2D eigenvalue weighted by Crippen LogP contribution is -2.28. The van der Waals surface area contributed by atoms with Crippen LogP contribution < -0.4 is 11.1 Å². The van der Waals surface area contributed by atoms with E-state index >= 15 is 0 Å². The summed E-state index contributed by atoms with van der Waals surface area (Å²) in [6, 6.07) is 1.54. The predicted octanol–water partition coefficient (Wildman–Crippen LogP) is 0.853. The van der Waals surface area contributed by atoms with Crippen LogP contribution >= 0.6 is 0 Å². The lowest BCUT2D eigenvalue weighted by molar-refractivity contribution is -0.141. The van der Waals surface area contributed by atoms with Crippen LogP contribution in [0.15, 0.2) is 16.8 Å². The van der Waals surface area contributed by atoms with E-state index in [1.807, 2.05) is 0 Å². The summed E-state index contributed by atoms with van der Waals surface area (Å²) in [5.74, 6) is -1.45. The Morgan fingerprint density at radius 2 is 2.07 bits per heavy atom. The van der Waals surface area contributed by atoms with E-state index in [4.69, 9.17) is 5.73 Å². The third-order valence-electron chi connectivity index (χ3n) is 3.78. The number of rotatable bonds is 4. The number of aromatic nitrogens is 3. The Balaban J connectivity index is 1.97. The number of halogens is 3. The van der Waals surface area contributed by atoms with Gasteiger partial charge in [-0.05, 0) is 28.9 Å². The highest BCUT2D eigenvalue weighted by atomic mass is 32.2. The fourth-order valence-electron chi connectivity index (χ4n) is 2.48. The van der Waals surface area contributed by atoms with Crippen molar-refractivity contribution in [1.29, 1.82) is 0 Å². The summed E-state index contributed by atoms with van der Waals surface area (Å²) in [7, 11) is -3.61. The number of nitrogen functional groups attached to an aromatic ring is 1. The Bertz CT molecular complexity index is 975. The van der Waals surface area contributed by atoms with E-state index < -0.39 is 34.3 Å². The number of amides is 1. The molecule has 3 heterocycles. The Morgan fingerprint density at radius 1 is 1.33 bits per heavy atom. The quantitative estimate of drug-likeness (QED) is 0.760. The fraction of sp³-hybridized carbons (Fsp3) is 0.385. The maximum atomic E-state index is 13.0. The van der Waals surface area contributed by atoms with Crippen molar-refractivity contribution in [3.63, 3.8) is 0 Å². The van der Waals surface area contributed by atoms with E-state index in [0.717, 1.165) is 10.4 Å². The molecule has 1 fully saturated rings. The first-order valence-electron chi connectivity index (χ1n) is 7.52. The summed E-state index contributed by atoms with van der Waals surface area (Å²) in [5, 5.41) is 8.83. The highest BCUT2D eigenvalue weighted by Gasteiger charge is 2.35. The summed E-state index contributed by atoms with van der Waals surface area (Å²) >= 11 is 0. The van der Waals surface area contributed by atoms with Crippen LogP contribution in [-0.4, -0.2) is 46.2 Å². The number of hydrogen-bond donors (Lipinski definition) is 2. The molecule has 0 aliphatic carbocycles. The normalized spacial score (nSPS) is 17.1. The topological polar surface area (TPSA) is 144 Å². The fourth-order valence-corrected chi connectivity index (χ4v) is 3.96. The number of alkyl halides is 3. The van der Waals surface area contributed by atoms with E-state index in [1.54, 1.807) is 0 Å². The molecule has 1 amide bonds. The van der Waals surface area contributed by atoms with Crippen molar-refractivity contribution < 1.29 is 31.0 Å². The summed E-state index contributed by atoms with van der Waals surface area (Å²) in [6.45, 7) is -0.344. The third kappa shape index (κ3) is 4.00. The minimum Gasteiger partial charge on any atom is -0.378 e. The van der Waals surface area contributed by atoms with Crippen LogP contribution in [0.25, 0.3) is 0 Å². The second-order valence-corrected chi connectivity index (χ2v) is 7.73. The molecule has 10 nitrogen and oxygen atoms in total. The standard InChI is InChI=1S/C13H13F3N6O4S/c14-13(15,16)9-3-2-7(12(23)19-11-10(17)20-26-21-11)8(18-9)6-22-4-1-5-27(22,24)25/h2-3H,1,4-6H2,(H2,17,20)(H,19,21,23). The molecule has 3 rings (SSSR count). The lowest BCUT2D eigenvalue weighted by Gasteiger charge is -2.17. The molecule has 1 saturated heterocycles. The zero-order chi connectivity index (χ0) is 19.8.